The molecular formula is C11H11N3O6S. The van der Waals surface area contributed by atoms with Crippen molar-refractivity contribution in [1.29, 1.82) is 0 Å². The lowest BCUT2D eigenvalue weighted by Gasteiger charge is -2.30. The Bertz CT molecular complexity index is 698. The van der Waals surface area contributed by atoms with Crippen LogP contribution >= 0.6 is 0 Å². The van der Waals surface area contributed by atoms with Gasteiger partial charge < -0.3 is 4.74 Å². The summed E-state index contributed by atoms with van der Waals surface area (Å²) in [5.41, 5.74) is -0.334. The topological polar surface area (TPSA) is 119 Å². The maximum absolute atomic E-state index is 12.5. The lowest BCUT2D eigenvalue weighted by atomic mass is 10.3. The Balaban J connectivity index is 2.42. The van der Waals surface area contributed by atoms with Crippen molar-refractivity contribution in [2.24, 2.45) is 4.99 Å². The molecule has 2 rings (SSSR count). The number of carbonyl (C=O) groups excluding carboxylic acids is 1. The third-order valence-electron chi connectivity index (χ3n) is 2.89. The van der Waals surface area contributed by atoms with Gasteiger partial charge in [0.1, 0.15) is 0 Å². The minimum atomic E-state index is -4.01. The first-order chi connectivity index (χ1) is 9.96. The number of hydrogen-bond acceptors (Lipinski definition) is 7. The number of nitrogens with zero attached hydrogens (tertiary/aromatic N) is 3. The van der Waals surface area contributed by atoms with E-state index >= 15 is 0 Å². The molecule has 21 heavy (non-hydrogen) atoms. The predicted molar refractivity (Wildman–Crippen MR) is 69.7 cm³/mol. The van der Waals surface area contributed by atoms with Crippen molar-refractivity contribution in [2.75, 3.05) is 19.8 Å². The molecule has 0 radical (unpaired) electrons. The van der Waals surface area contributed by atoms with Crippen LogP contribution in [0.2, 0.25) is 0 Å². The fraction of sp³-hybridized carbons (Fsp3) is 0.364. The Hall–Kier alpha value is -2.13. The van der Waals surface area contributed by atoms with Crippen LogP contribution in [0.15, 0.2) is 34.2 Å². The van der Waals surface area contributed by atoms with E-state index in [4.69, 9.17) is 4.74 Å². The number of non-ortho nitro benzene ring substituents is 1. The molecule has 1 aliphatic rings. The Kier molecular flexibility index (Phi) is 4.43. The van der Waals surface area contributed by atoms with Gasteiger partial charge in [0.2, 0.25) is 16.1 Å². The SMILES string of the molecule is O=C=NC1COCCN1S(=O)(=O)c1cccc([N+](=O)[O-])c1. The summed E-state index contributed by atoms with van der Waals surface area (Å²) in [4.78, 5) is 23.6. The molecule has 1 aromatic rings. The average Bonchev–Trinajstić information content (AvgIpc) is 2.48. The molecule has 0 N–H and O–H groups in total. The van der Waals surface area contributed by atoms with Gasteiger partial charge in [0, 0.05) is 18.7 Å². The molecule has 0 spiro atoms. The zero-order valence-corrected chi connectivity index (χ0v) is 11.5. The highest BCUT2D eigenvalue weighted by Crippen LogP contribution is 2.24. The van der Waals surface area contributed by atoms with E-state index < -0.39 is 21.1 Å². The van der Waals surface area contributed by atoms with Crippen molar-refractivity contribution in [3.05, 3.63) is 34.4 Å². The standard InChI is InChI=1S/C11H11N3O6S/c15-8-12-11-7-20-5-4-13(11)21(18,19)10-3-1-2-9(6-10)14(16)17/h1-3,6,11H,4-5,7H2. The molecule has 1 aromatic carbocycles. The Morgan fingerprint density at radius 1 is 1.48 bits per heavy atom. The van der Waals surface area contributed by atoms with Crippen LogP contribution < -0.4 is 0 Å². The summed E-state index contributed by atoms with van der Waals surface area (Å²) in [6.45, 7) is 0.0866. The van der Waals surface area contributed by atoms with Crippen LogP contribution in [-0.2, 0) is 19.6 Å². The molecule has 1 fully saturated rings. The first kappa shape index (κ1) is 15.3. The Morgan fingerprint density at radius 3 is 2.90 bits per heavy atom. The lowest BCUT2D eigenvalue weighted by Crippen LogP contribution is -2.47. The highest BCUT2D eigenvalue weighted by Gasteiger charge is 2.34. The normalized spacial score (nSPS) is 19.7. The molecule has 1 saturated heterocycles. The van der Waals surface area contributed by atoms with Crippen LogP contribution in [0.3, 0.4) is 0 Å². The summed E-state index contributed by atoms with van der Waals surface area (Å²) >= 11 is 0. The van der Waals surface area contributed by atoms with Gasteiger partial charge in [0.25, 0.3) is 5.69 Å². The fourth-order valence-electron chi connectivity index (χ4n) is 1.91. The number of rotatable bonds is 4. The van der Waals surface area contributed by atoms with Crippen LogP contribution in [-0.4, -0.2) is 49.7 Å². The largest absolute Gasteiger partial charge is 0.376 e. The number of morpholine rings is 1. The summed E-state index contributed by atoms with van der Waals surface area (Å²) in [6, 6.07) is 4.69. The second-order valence-corrected chi connectivity index (χ2v) is 6.04. The molecule has 0 aliphatic carbocycles. The van der Waals surface area contributed by atoms with E-state index in [2.05, 4.69) is 4.99 Å². The smallest absolute Gasteiger partial charge is 0.270 e. The summed E-state index contributed by atoms with van der Waals surface area (Å²) in [5, 5.41) is 10.7. The number of benzene rings is 1. The number of nitro groups is 1. The van der Waals surface area contributed by atoms with Crippen molar-refractivity contribution in [1.82, 2.24) is 4.31 Å². The molecule has 0 amide bonds. The van der Waals surface area contributed by atoms with E-state index in [9.17, 15) is 23.3 Å². The molecule has 1 atom stereocenters. The van der Waals surface area contributed by atoms with E-state index in [-0.39, 0.29) is 30.3 Å². The number of ether oxygens (including phenoxy) is 1. The van der Waals surface area contributed by atoms with E-state index in [1.165, 1.54) is 24.3 Å². The third-order valence-corrected chi connectivity index (χ3v) is 4.79. The minimum absolute atomic E-state index is 0.000865. The second kappa shape index (κ2) is 6.10. The number of nitro benzene ring substituents is 1. The number of isocyanates is 1. The van der Waals surface area contributed by atoms with Crippen molar-refractivity contribution < 1.29 is 22.9 Å². The molecule has 0 saturated carbocycles. The molecule has 1 aliphatic heterocycles. The number of sulfonamides is 1. The fourth-order valence-corrected chi connectivity index (χ4v) is 3.45. The van der Waals surface area contributed by atoms with Gasteiger partial charge in [-0.15, -0.1) is 0 Å². The van der Waals surface area contributed by atoms with Gasteiger partial charge in [-0.25, -0.2) is 13.2 Å². The second-order valence-electron chi connectivity index (χ2n) is 4.15. The van der Waals surface area contributed by atoms with Gasteiger partial charge in [-0.2, -0.15) is 9.30 Å². The molecule has 9 nitrogen and oxygen atoms in total. The van der Waals surface area contributed by atoms with E-state index in [0.717, 1.165) is 10.4 Å². The van der Waals surface area contributed by atoms with Crippen LogP contribution in [0.4, 0.5) is 5.69 Å². The highest BCUT2D eigenvalue weighted by molar-refractivity contribution is 7.89. The Labute approximate surface area is 120 Å². The average molecular weight is 313 g/mol. The van der Waals surface area contributed by atoms with E-state index in [1.54, 1.807) is 0 Å². The summed E-state index contributed by atoms with van der Waals surface area (Å²) in [7, 11) is -4.01. The summed E-state index contributed by atoms with van der Waals surface area (Å²) in [6.07, 6.45) is 0.288. The highest BCUT2D eigenvalue weighted by atomic mass is 32.2. The first-order valence-electron chi connectivity index (χ1n) is 5.88. The number of hydrogen-bond donors (Lipinski definition) is 0. The van der Waals surface area contributed by atoms with Crippen molar-refractivity contribution in [3.63, 3.8) is 0 Å². The zero-order chi connectivity index (χ0) is 15.5. The van der Waals surface area contributed by atoms with Crippen molar-refractivity contribution in [3.8, 4) is 0 Å². The van der Waals surface area contributed by atoms with Gasteiger partial charge >= 0.3 is 0 Å². The maximum Gasteiger partial charge on any atom is 0.270 e. The van der Waals surface area contributed by atoms with Gasteiger partial charge in [0.15, 0.2) is 6.17 Å². The summed E-state index contributed by atoms with van der Waals surface area (Å²) in [5.74, 6) is 0. The molecule has 1 unspecified atom stereocenters. The Morgan fingerprint density at radius 2 is 2.24 bits per heavy atom. The lowest BCUT2D eigenvalue weighted by molar-refractivity contribution is -0.385. The monoisotopic (exact) mass is 313 g/mol. The number of aliphatic imine (C=N–C) groups is 1. The van der Waals surface area contributed by atoms with Crippen LogP contribution in [0.25, 0.3) is 0 Å². The van der Waals surface area contributed by atoms with Crippen LogP contribution in [0.5, 0.6) is 0 Å². The third kappa shape index (κ3) is 3.14. The van der Waals surface area contributed by atoms with E-state index in [1.807, 2.05) is 0 Å². The molecule has 112 valence electrons. The maximum atomic E-state index is 12.5. The van der Waals surface area contributed by atoms with E-state index in [0.29, 0.717) is 0 Å². The quantitative estimate of drug-likeness (QED) is 0.341. The van der Waals surface area contributed by atoms with Crippen molar-refractivity contribution >= 4 is 21.8 Å². The minimum Gasteiger partial charge on any atom is -0.376 e. The van der Waals surface area contributed by atoms with Gasteiger partial charge in [-0.05, 0) is 6.07 Å². The molecule has 0 bridgehead atoms. The first-order valence-corrected chi connectivity index (χ1v) is 7.32. The van der Waals surface area contributed by atoms with Gasteiger partial charge in [-0.1, -0.05) is 6.07 Å². The molecule has 0 aromatic heterocycles. The zero-order valence-electron chi connectivity index (χ0n) is 10.7. The van der Waals surface area contributed by atoms with Crippen LogP contribution in [0.1, 0.15) is 0 Å². The van der Waals surface area contributed by atoms with Crippen molar-refractivity contribution in [2.45, 2.75) is 11.1 Å². The van der Waals surface area contributed by atoms with Crippen LogP contribution in [0, 0.1) is 10.1 Å². The van der Waals surface area contributed by atoms with Gasteiger partial charge in [0.05, 0.1) is 23.0 Å². The molecular weight excluding hydrogens is 302 g/mol. The molecule has 10 heteroatoms. The summed E-state index contributed by atoms with van der Waals surface area (Å²) < 4.78 is 31.1. The van der Waals surface area contributed by atoms with Gasteiger partial charge in [-0.3, -0.25) is 10.1 Å². The predicted octanol–water partition coefficient (Wildman–Crippen LogP) is 0.278. The molecule has 1 heterocycles.